The summed E-state index contributed by atoms with van der Waals surface area (Å²) in [5.41, 5.74) is -0.944. The highest BCUT2D eigenvalue weighted by Crippen LogP contribution is 2.42. The second kappa shape index (κ2) is 5.46. The van der Waals surface area contributed by atoms with Crippen molar-refractivity contribution in [1.29, 1.82) is 0 Å². The van der Waals surface area contributed by atoms with E-state index in [4.69, 9.17) is 19.7 Å². The molecule has 108 valence electrons. The molecule has 0 amide bonds. The van der Waals surface area contributed by atoms with Crippen molar-refractivity contribution in [3.05, 3.63) is 0 Å². The molecule has 1 spiro atoms. The van der Waals surface area contributed by atoms with E-state index >= 15 is 0 Å². The maximum atomic E-state index is 10.9. The van der Waals surface area contributed by atoms with Crippen LogP contribution < -0.4 is 0 Å². The van der Waals surface area contributed by atoms with Crippen LogP contribution in [0.5, 0.6) is 0 Å². The lowest BCUT2D eigenvalue weighted by Gasteiger charge is -2.47. The minimum absolute atomic E-state index is 0.144. The second-order valence-electron chi connectivity index (χ2n) is 5.69. The van der Waals surface area contributed by atoms with Crippen LogP contribution >= 0.6 is 0 Å². The number of hydrogen-bond donors (Lipinski definition) is 2. The highest BCUT2D eigenvalue weighted by Gasteiger charge is 2.47. The predicted molar refractivity (Wildman–Crippen MR) is 64.7 cm³/mol. The van der Waals surface area contributed by atoms with Crippen LogP contribution in [-0.2, 0) is 19.1 Å². The van der Waals surface area contributed by atoms with E-state index in [1.54, 1.807) is 0 Å². The monoisotopic (exact) mass is 272 g/mol. The summed E-state index contributed by atoms with van der Waals surface area (Å²) >= 11 is 0. The molecule has 0 atom stereocenters. The van der Waals surface area contributed by atoms with Gasteiger partial charge >= 0.3 is 11.9 Å². The van der Waals surface area contributed by atoms with Crippen LogP contribution in [0.2, 0.25) is 0 Å². The van der Waals surface area contributed by atoms with Crippen molar-refractivity contribution < 1.29 is 29.3 Å². The van der Waals surface area contributed by atoms with Crippen LogP contribution in [0.4, 0.5) is 0 Å². The van der Waals surface area contributed by atoms with Crippen molar-refractivity contribution in [3.63, 3.8) is 0 Å². The number of rotatable bonds is 4. The van der Waals surface area contributed by atoms with E-state index in [1.807, 2.05) is 0 Å². The molecular weight excluding hydrogens is 252 g/mol. The molecule has 2 rings (SSSR count). The van der Waals surface area contributed by atoms with Gasteiger partial charge in [-0.1, -0.05) is 6.42 Å². The third kappa shape index (κ3) is 3.45. The summed E-state index contributed by atoms with van der Waals surface area (Å²) in [6.45, 7) is 0.289. The minimum Gasteiger partial charge on any atom is -0.481 e. The Labute approximate surface area is 111 Å². The number of carboxylic acid groups (broad SMARTS) is 2. The molecule has 19 heavy (non-hydrogen) atoms. The van der Waals surface area contributed by atoms with Crippen molar-refractivity contribution in [2.24, 2.45) is 5.41 Å². The van der Waals surface area contributed by atoms with Gasteiger partial charge in [-0.25, -0.2) is 0 Å². The van der Waals surface area contributed by atoms with Gasteiger partial charge < -0.3 is 19.7 Å². The molecule has 0 aromatic rings. The lowest BCUT2D eigenvalue weighted by Crippen LogP contribution is -2.52. The Hall–Kier alpha value is -1.14. The number of aliphatic carboxylic acids is 2. The highest BCUT2D eigenvalue weighted by atomic mass is 16.7. The SMILES string of the molecule is O=C(O)CC1(CC(=O)O)COC2(CCCCC2)OC1. The fourth-order valence-corrected chi connectivity index (χ4v) is 2.94. The largest absolute Gasteiger partial charge is 0.481 e. The third-order valence-corrected chi connectivity index (χ3v) is 3.95. The van der Waals surface area contributed by atoms with Gasteiger partial charge in [-0.05, 0) is 12.8 Å². The number of hydrogen-bond acceptors (Lipinski definition) is 4. The zero-order valence-corrected chi connectivity index (χ0v) is 10.9. The minimum atomic E-state index is -1.02. The number of carboxylic acids is 2. The first-order valence-electron chi connectivity index (χ1n) is 6.67. The topological polar surface area (TPSA) is 93.1 Å². The van der Waals surface area contributed by atoms with Gasteiger partial charge in [0.2, 0.25) is 0 Å². The summed E-state index contributed by atoms with van der Waals surface area (Å²) in [6, 6.07) is 0. The zero-order chi connectivity index (χ0) is 13.9. The van der Waals surface area contributed by atoms with Crippen LogP contribution in [0.3, 0.4) is 0 Å². The van der Waals surface area contributed by atoms with Gasteiger partial charge in [0.05, 0.1) is 26.1 Å². The van der Waals surface area contributed by atoms with Crippen molar-refractivity contribution in [1.82, 2.24) is 0 Å². The fraction of sp³-hybridized carbons (Fsp3) is 0.846. The van der Waals surface area contributed by atoms with Gasteiger partial charge in [0.25, 0.3) is 0 Å². The summed E-state index contributed by atoms with van der Waals surface area (Å²) in [6.07, 6.45) is 4.36. The van der Waals surface area contributed by atoms with E-state index in [0.29, 0.717) is 0 Å². The summed E-state index contributed by atoms with van der Waals surface area (Å²) in [4.78, 5) is 21.8. The number of ether oxygens (including phenoxy) is 2. The Morgan fingerprint density at radius 3 is 1.79 bits per heavy atom. The Bertz CT molecular complexity index is 330. The van der Waals surface area contributed by atoms with E-state index in [1.165, 1.54) is 0 Å². The third-order valence-electron chi connectivity index (χ3n) is 3.95. The molecule has 2 fully saturated rings. The summed E-state index contributed by atoms with van der Waals surface area (Å²) in [5.74, 6) is -2.64. The zero-order valence-electron chi connectivity index (χ0n) is 10.9. The maximum Gasteiger partial charge on any atom is 0.304 e. The predicted octanol–water partition coefficient (Wildman–Crippen LogP) is 1.63. The van der Waals surface area contributed by atoms with E-state index in [2.05, 4.69) is 0 Å². The van der Waals surface area contributed by atoms with Crippen molar-refractivity contribution in [2.75, 3.05) is 13.2 Å². The van der Waals surface area contributed by atoms with Gasteiger partial charge in [0, 0.05) is 18.3 Å². The van der Waals surface area contributed by atoms with Crippen LogP contribution in [0, 0.1) is 5.41 Å². The van der Waals surface area contributed by atoms with E-state index in [0.717, 1.165) is 32.1 Å². The van der Waals surface area contributed by atoms with E-state index in [-0.39, 0.29) is 26.1 Å². The van der Waals surface area contributed by atoms with Gasteiger partial charge in [0.1, 0.15) is 0 Å². The Kier molecular flexibility index (Phi) is 4.10. The van der Waals surface area contributed by atoms with Crippen LogP contribution in [-0.4, -0.2) is 41.2 Å². The Balaban J connectivity index is 2.03. The van der Waals surface area contributed by atoms with Crippen LogP contribution in [0.1, 0.15) is 44.9 Å². The Morgan fingerprint density at radius 2 is 1.37 bits per heavy atom. The van der Waals surface area contributed by atoms with Gasteiger partial charge in [-0.15, -0.1) is 0 Å². The molecule has 1 saturated carbocycles. The molecule has 6 heteroatoms. The average Bonchev–Trinajstić information content (AvgIpc) is 2.33. The number of carbonyl (C=O) groups is 2. The van der Waals surface area contributed by atoms with Crippen LogP contribution in [0.25, 0.3) is 0 Å². The van der Waals surface area contributed by atoms with Crippen molar-refractivity contribution >= 4 is 11.9 Å². The first-order valence-corrected chi connectivity index (χ1v) is 6.67. The molecule has 0 unspecified atom stereocenters. The maximum absolute atomic E-state index is 10.9. The van der Waals surface area contributed by atoms with Gasteiger partial charge in [-0.3, -0.25) is 9.59 Å². The summed E-state index contributed by atoms with van der Waals surface area (Å²) in [7, 11) is 0. The molecule has 6 nitrogen and oxygen atoms in total. The standard InChI is InChI=1S/C13H20O6/c14-10(15)6-12(7-11(16)17)8-18-13(19-9-12)4-2-1-3-5-13/h1-9H2,(H,14,15)(H,16,17). The Morgan fingerprint density at radius 1 is 0.895 bits per heavy atom. The summed E-state index contributed by atoms with van der Waals surface area (Å²) < 4.78 is 11.6. The molecule has 0 bridgehead atoms. The molecule has 1 aliphatic heterocycles. The molecule has 1 saturated heterocycles. The second-order valence-corrected chi connectivity index (χ2v) is 5.69. The highest BCUT2D eigenvalue weighted by molar-refractivity contribution is 5.72. The molecule has 2 N–H and O–H groups in total. The molecule has 2 aliphatic rings. The lowest BCUT2D eigenvalue weighted by atomic mass is 9.80. The van der Waals surface area contributed by atoms with E-state index < -0.39 is 23.1 Å². The summed E-state index contributed by atoms with van der Waals surface area (Å²) in [5, 5.41) is 17.9. The van der Waals surface area contributed by atoms with Gasteiger partial charge in [0.15, 0.2) is 5.79 Å². The molecule has 1 aliphatic carbocycles. The van der Waals surface area contributed by atoms with Crippen molar-refractivity contribution in [3.8, 4) is 0 Å². The van der Waals surface area contributed by atoms with E-state index in [9.17, 15) is 9.59 Å². The first-order chi connectivity index (χ1) is 8.95. The smallest absolute Gasteiger partial charge is 0.304 e. The molecule has 0 aromatic heterocycles. The lowest BCUT2D eigenvalue weighted by molar-refractivity contribution is -0.315. The molecule has 0 aromatic carbocycles. The van der Waals surface area contributed by atoms with Gasteiger partial charge in [-0.2, -0.15) is 0 Å². The fourth-order valence-electron chi connectivity index (χ4n) is 2.94. The molecular formula is C13H20O6. The normalized spacial score (nSPS) is 25.1. The average molecular weight is 272 g/mol. The van der Waals surface area contributed by atoms with Crippen molar-refractivity contribution in [2.45, 2.75) is 50.7 Å². The first kappa shape index (κ1) is 14.3. The molecule has 1 heterocycles. The van der Waals surface area contributed by atoms with Crippen LogP contribution in [0.15, 0.2) is 0 Å². The molecule has 0 radical (unpaired) electrons. The quantitative estimate of drug-likeness (QED) is 0.808.